The van der Waals surface area contributed by atoms with Crippen molar-refractivity contribution in [3.8, 4) is 0 Å². The van der Waals surface area contributed by atoms with Crippen molar-refractivity contribution >= 4 is 16.6 Å². The summed E-state index contributed by atoms with van der Waals surface area (Å²) < 4.78 is 0. The normalized spacial score (nSPS) is 10.6. The zero-order chi connectivity index (χ0) is 11.0. The van der Waals surface area contributed by atoms with Crippen molar-refractivity contribution in [2.45, 2.75) is 20.8 Å². The van der Waals surface area contributed by atoms with Crippen molar-refractivity contribution in [1.82, 2.24) is 0 Å². The fraction of sp³-hybridized carbons (Fsp3) is 0.214. The molecule has 0 radical (unpaired) electrons. The molecule has 0 aliphatic heterocycles. The van der Waals surface area contributed by atoms with Gasteiger partial charge in [0.2, 0.25) is 0 Å². The number of carbonyl (C=O) groups excluding carboxylic acids is 1. The minimum Gasteiger partial charge on any atom is -0.295 e. The second kappa shape index (κ2) is 3.50. The monoisotopic (exact) mass is 198 g/mol. The highest BCUT2D eigenvalue weighted by molar-refractivity contribution is 6.01. The molecule has 76 valence electrons. The predicted octanol–water partition coefficient (Wildman–Crippen LogP) is 3.66. The summed E-state index contributed by atoms with van der Waals surface area (Å²) in [5.74, 6) is 0.135. The summed E-state index contributed by atoms with van der Waals surface area (Å²) in [6.07, 6.45) is 0. The lowest BCUT2D eigenvalue weighted by Gasteiger charge is -2.07. The third kappa shape index (κ3) is 1.65. The Kier molecular flexibility index (Phi) is 2.31. The van der Waals surface area contributed by atoms with E-state index in [1.165, 1.54) is 16.3 Å². The SMILES string of the molecule is CC(=O)c1ccc2ccc(C)cc2c1C. The molecule has 0 unspecified atom stereocenters. The smallest absolute Gasteiger partial charge is 0.160 e. The molecule has 0 N–H and O–H groups in total. The maximum absolute atomic E-state index is 11.4. The average Bonchev–Trinajstić information content (AvgIpc) is 2.19. The van der Waals surface area contributed by atoms with Crippen molar-refractivity contribution < 1.29 is 4.79 Å². The van der Waals surface area contributed by atoms with Crippen LogP contribution in [0.2, 0.25) is 0 Å². The molecular weight excluding hydrogens is 184 g/mol. The van der Waals surface area contributed by atoms with Gasteiger partial charge in [0.15, 0.2) is 5.78 Å². The molecule has 0 aliphatic carbocycles. The zero-order valence-corrected chi connectivity index (χ0v) is 9.29. The highest BCUT2D eigenvalue weighted by atomic mass is 16.1. The first-order valence-corrected chi connectivity index (χ1v) is 5.10. The Morgan fingerprint density at radius 3 is 2.40 bits per heavy atom. The molecular formula is C14H14O. The van der Waals surface area contributed by atoms with E-state index in [1.54, 1.807) is 6.92 Å². The van der Waals surface area contributed by atoms with Crippen molar-refractivity contribution in [2.24, 2.45) is 0 Å². The van der Waals surface area contributed by atoms with Crippen LogP contribution in [0.25, 0.3) is 10.8 Å². The molecule has 2 aromatic rings. The summed E-state index contributed by atoms with van der Waals surface area (Å²) in [5.41, 5.74) is 3.14. The van der Waals surface area contributed by atoms with Crippen LogP contribution in [0.5, 0.6) is 0 Å². The molecule has 1 heteroatoms. The van der Waals surface area contributed by atoms with Crippen LogP contribution >= 0.6 is 0 Å². The molecule has 0 bridgehead atoms. The molecule has 0 saturated heterocycles. The fourth-order valence-corrected chi connectivity index (χ4v) is 1.96. The van der Waals surface area contributed by atoms with E-state index in [9.17, 15) is 4.79 Å². The van der Waals surface area contributed by atoms with Gasteiger partial charge in [-0.1, -0.05) is 35.9 Å². The van der Waals surface area contributed by atoms with Crippen molar-refractivity contribution in [2.75, 3.05) is 0 Å². The van der Waals surface area contributed by atoms with E-state index in [-0.39, 0.29) is 5.78 Å². The lowest BCUT2D eigenvalue weighted by Crippen LogP contribution is -1.96. The van der Waals surface area contributed by atoms with Crippen LogP contribution in [0.4, 0.5) is 0 Å². The van der Waals surface area contributed by atoms with E-state index >= 15 is 0 Å². The zero-order valence-electron chi connectivity index (χ0n) is 9.29. The van der Waals surface area contributed by atoms with Crippen molar-refractivity contribution in [3.63, 3.8) is 0 Å². The molecule has 0 aliphatic rings. The van der Waals surface area contributed by atoms with Crippen LogP contribution in [-0.4, -0.2) is 5.78 Å². The number of benzene rings is 2. The van der Waals surface area contributed by atoms with Gasteiger partial charge in [0.05, 0.1) is 0 Å². The number of aryl methyl sites for hydroxylation is 2. The third-order valence-corrected chi connectivity index (χ3v) is 2.83. The number of hydrogen-bond donors (Lipinski definition) is 0. The minimum atomic E-state index is 0.135. The Balaban J connectivity index is 2.82. The number of carbonyl (C=O) groups is 1. The molecule has 0 amide bonds. The van der Waals surface area contributed by atoms with Gasteiger partial charge in [-0.2, -0.15) is 0 Å². The maximum atomic E-state index is 11.4. The maximum Gasteiger partial charge on any atom is 0.160 e. The molecule has 1 nitrogen and oxygen atoms in total. The van der Waals surface area contributed by atoms with Crippen LogP contribution in [0.15, 0.2) is 30.3 Å². The van der Waals surface area contributed by atoms with E-state index in [0.717, 1.165) is 11.1 Å². The second-order valence-corrected chi connectivity index (χ2v) is 4.02. The minimum absolute atomic E-state index is 0.135. The topological polar surface area (TPSA) is 17.1 Å². The molecule has 0 aromatic heterocycles. The van der Waals surface area contributed by atoms with Gasteiger partial charge in [0, 0.05) is 5.56 Å². The van der Waals surface area contributed by atoms with Gasteiger partial charge in [-0.3, -0.25) is 4.79 Å². The number of rotatable bonds is 1. The van der Waals surface area contributed by atoms with Gasteiger partial charge < -0.3 is 0 Å². The quantitative estimate of drug-likeness (QED) is 0.639. The first-order chi connectivity index (χ1) is 7.09. The van der Waals surface area contributed by atoms with Crippen LogP contribution in [0, 0.1) is 13.8 Å². The molecule has 2 rings (SSSR count). The van der Waals surface area contributed by atoms with Crippen LogP contribution in [-0.2, 0) is 0 Å². The summed E-state index contributed by atoms with van der Waals surface area (Å²) >= 11 is 0. The van der Waals surface area contributed by atoms with E-state index in [0.29, 0.717) is 0 Å². The highest BCUT2D eigenvalue weighted by Gasteiger charge is 2.06. The van der Waals surface area contributed by atoms with E-state index < -0.39 is 0 Å². The van der Waals surface area contributed by atoms with Gasteiger partial charge in [-0.05, 0) is 37.1 Å². The third-order valence-electron chi connectivity index (χ3n) is 2.83. The highest BCUT2D eigenvalue weighted by Crippen LogP contribution is 2.23. The largest absolute Gasteiger partial charge is 0.295 e. The van der Waals surface area contributed by atoms with Gasteiger partial charge in [0.25, 0.3) is 0 Å². The van der Waals surface area contributed by atoms with Crippen LogP contribution < -0.4 is 0 Å². The summed E-state index contributed by atoms with van der Waals surface area (Å²) in [6, 6.07) is 10.3. The van der Waals surface area contributed by atoms with Gasteiger partial charge in [-0.25, -0.2) is 0 Å². The number of Topliss-reactive ketones (excluding diaryl/α,β-unsaturated/α-hetero) is 1. The standard InChI is InChI=1S/C14H14O/c1-9-4-5-12-6-7-13(11(3)15)10(2)14(12)8-9/h4-8H,1-3H3. The summed E-state index contributed by atoms with van der Waals surface area (Å²) in [5, 5.41) is 2.38. The molecule has 0 heterocycles. The molecule has 0 saturated carbocycles. The van der Waals surface area contributed by atoms with E-state index in [1.807, 2.05) is 19.1 Å². The summed E-state index contributed by atoms with van der Waals surface area (Å²) in [6.45, 7) is 5.70. The summed E-state index contributed by atoms with van der Waals surface area (Å²) in [4.78, 5) is 11.4. The Bertz CT molecular complexity index is 538. The Labute approximate surface area is 89.7 Å². The molecule has 15 heavy (non-hydrogen) atoms. The number of hydrogen-bond acceptors (Lipinski definition) is 1. The van der Waals surface area contributed by atoms with E-state index in [2.05, 4.69) is 25.1 Å². The Morgan fingerprint density at radius 1 is 1.07 bits per heavy atom. The fourth-order valence-electron chi connectivity index (χ4n) is 1.96. The number of ketones is 1. The van der Waals surface area contributed by atoms with Crippen molar-refractivity contribution in [1.29, 1.82) is 0 Å². The molecule has 0 atom stereocenters. The molecule has 0 spiro atoms. The van der Waals surface area contributed by atoms with Gasteiger partial charge >= 0.3 is 0 Å². The molecule has 2 aromatic carbocycles. The van der Waals surface area contributed by atoms with Crippen LogP contribution in [0.1, 0.15) is 28.4 Å². The van der Waals surface area contributed by atoms with Crippen molar-refractivity contribution in [3.05, 3.63) is 47.0 Å². The lowest BCUT2D eigenvalue weighted by atomic mass is 9.97. The second-order valence-electron chi connectivity index (χ2n) is 4.02. The summed E-state index contributed by atoms with van der Waals surface area (Å²) in [7, 11) is 0. The Morgan fingerprint density at radius 2 is 1.73 bits per heavy atom. The predicted molar refractivity (Wildman–Crippen MR) is 63.4 cm³/mol. The average molecular weight is 198 g/mol. The number of fused-ring (bicyclic) bond motifs is 1. The van der Waals surface area contributed by atoms with Crippen LogP contribution in [0.3, 0.4) is 0 Å². The first-order valence-electron chi connectivity index (χ1n) is 5.10. The first kappa shape index (κ1) is 9.91. The van der Waals surface area contributed by atoms with Gasteiger partial charge in [-0.15, -0.1) is 0 Å². The van der Waals surface area contributed by atoms with E-state index in [4.69, 9.17) is 0 Å². The molecule has 0 fully saturated rings. The van der Waals surface area contributed by atoms with Gasteiger partial charge in [0.1, 0.15) is 0 Å². The Hall–Kier alpha value is -1.63. The lowest BCUT2D eigenvalue weighted by molar-refractivity contribution is 0.101.